The highest BCUT2D eigenvalue weighted by atomic mass is 79.9. The standard InChI is InChI=1S/C13H15BrCl2N4O/c1-21-5-4-20-13(11(16)7-18-20)12(19-17)9-6-8(14)2-3-10(9)15/h2-3,6-7,12,19H,4-5,17H2,1H3. The zero-order chi connectivity index (χ0) is 15.4. The Labute approximate surface area is 141 Å². The van der Waals surface area contributed by atoms with Crippen LogP contribution >= 0.6 is 39.1 Å². The largest absolute Gasteiger partial charge is 0.383 e. The molecule has 3 N–H and O–H groups in total. The minimum atomic E-state index is -0.373. The second-order valence-electron chi connectivity index (χ2n) is 4.36. The van der Waals surface area contributed by atoms with Gasteiger partial charge in [-0.1, -0.05) is 39.1 Å². The fourth-order valence-electron chi connectivity index (χ4n) is 2.07. The number of nitrogens with two attached hydrogens (primary N) is 1. The molecule has 114 valence electrons. The highest BCUT2D eigenvalue weighted by Crippen LogP contribution is 2.33. The number of rotatable bonds is 6. The lowest BCUT2D eigenvalue weighted by atomic mass is 10.0. The van der Waals surface area contributed by atoms with Crippen LogP contribution in [0.15, 0.2) is 28.9 Å². The topological polar surface area (TPSA) is 65.1 Å². The van der Waals surface area contributed by atoms with E-state index in [2.05, 4.69) is 26.5 Å². The van der Waals surface area contributed by atoms with Crippen LogP contribution in [0.1, 0.15) is 17.3 Å². The lowest BCUT2D eigenvalue weighted by Gasteiger charge is -2.20. The first kappa shape index (κ1) is 16.7. The molecule has 0 aliphatic carbocycles. The fraction of sp³-hybridized carbons (Fsp3) is 0.308. The quantitative estimate of drug-likeness (QED) is 0.584. The number of hydrogen-bond acceptors (Lipinski definition) is 4. The maximum absolute atomic E-state index is 6.28. The van der Waals surface area contributed by atoms with Crippen molar-refractivity contribution in [1.29, 1.82) is 0 Å². The number of aromatic nitrogens is 2. The Morgan fingerprint density at radius 3 is 2.86 bits per heavy atom. The highest BCUT2D eigenvalue weighted by Gasteiger charge is 2.23. The number of hydrazine groups is 1. The SMILES string of the molecule is COCCn1ncc(Cl)c1C(NN)c1cc(Br)ccc1Cl. The van der Waals surface area contributed by atoms with Gasteiger partial charge < -0.3 is 4.74 Å². The van der Waals surface area contributed by atoms with Crippen molar-refractivity contribution < 1.29 is 4.74 Å². The van der Waals surface area contributed by atoms with Gasteiger partial charge in [0, 0.05) is 16.6 Å². The smallest absolute Gasteiger partial charge is 0.0908 e. The van der Waals surface area contributed by atoms with E-state index in [1.54, 1.807) is 24.1 Å². The van der Waals surface area contributed by atoms with Crippen molar-refractivity contribution in [1.82, 2.24) is 15.2 Å². The molecule has 1 heterocycles. The average molecular weight is 394 g/mol. The van der Waals surface area contributed by atoms with Crippen LogP contribution in [0.25, 0.3) is 0 Å². The molecule has 0 bridgehead atoms. The van der Waals surface area contributed by atoms with Crippen LogP contribution < -0.4 is 11.3 Å². The lowest BCUT2D eigenvalue weighted by molar-refractivity contribution is 0.182. The Bertz CT molecular complexity index is 620. The number of benzene rings is 1. The Morgan fingerprint density at radius 2 is 2.19 bits per heavy atom. The van der Waals surface area contributed by atoms with E-state index in [0.717, 1.165) is 15.7 Å². The first-order valence-electron chi connectivity index (χ1n) is 6.19. The van der Waals surface area contributed by atoms with Crippen LogP contribution in [0.4, 0.5) is 0 Å². The average Bonchev–Trinajstić information content (AvgIpc) is 2.83. The summed E-state index contributed by atoms with van der Waals surface area (Å²) in [5, 5.41) is 5.37. The van der Waals surface area contributed by atoms with Gasteiger partial charge in [0.25, 0.3) is 0 Å². The molecule has 2 aromatic rings. The Balaban J connectivity index is 2.46. The van der Waals surface area contributed by atoms with Gasteiger partial charge in [-0.25, -0.2) is 5.43 Å². The molecule has 0 radical (unpaired) electrons. The molecule has 0 saturated carbocycles. The predicted octanol–water partition coefficient (Wildman–Crippen LogP) is 3.15. The third-order valence-corrected chi connectivity index (χ3v) is 4.18. The molecule has 8 heteroatoms. The summed E-state index contributed by atoms with van der Waals surface area (Å²) in [6, 6.07) is 5.19. The zero-order valence-corrected chi connectivity index (χ0v) is 14.4. The molecule has 21 heavy (non-hydrogen) atoms. The summed E-state index contributed by atoms with van der Waals surface area (Å²) in [4.78, 5) is 0. The molecular formula is C13H15BrCl2N4O. The first-order valence-corrected chi connectivity index (χ1v) is 7.74. The van der Waals surface area contributed by atoms with Crippen molar-refractivity contribution >= 4 is 39.1 Å². The van der Waals surface area contributed by atoms with Gasteiger partial charge >= 0.3 is 0 Å². The second kappa shape index (κ2) is 7.58. The molecule has 0 aliphatic rings. The molecule has 1 aromatic heterocycles. The van der Waals surface area contributed by atoms with Gasteiger partial charge in [-0.15, -0.1) is 0 Å². The van der Waals surface area contributed by atoms with Gasteiger partial charge in [0.1, 0.15) is 0 Å². The molecule has 2 rings (SSSR count). The first-order chi connectivity index (χ1) is 10.1. The van der Waals surface area contributed by atoms with Crippen molar-refractivity contribution in [2.24, 2.45) is 5.84 Å². The van der Waals surface area contributed by atoms with Crippen LogP contribution in [-0.2, 0) is 11.3 Å². The molecule has 0 saturated heterocycles. The number of halogens is 3. The van der Waals surface area contributed by atoms with Crippen molar-refractivity contribution in [3.63, 3.8) is 0 Å². The molecule has 1 atom stereocenters. The van der Waals surface area contributed by atoms with Gasteiger partial charge in [-0.05, 0) is 23.8 Å². The van der Waals surface area contributed by atoms with Gasteiger partial charge in [0.2, 0.25) is 0 Å². The molecule has 1 unspecified atom stereocenters. The molecule has 0 fully saturated rings. The Hall–Kier alpha value is -0.630. The molecule has 1 aromatic carbocycles. The molecule has 5 nitrogen and oxygen atoms in total. The van der Waals surface area contributed by atoms with E-state index in [-0.39, 0.29) is 6.04 Å². The summed E-state index contributed by atoms with van der Waals surface area (Å²) >= 11 is 16.0. The molecule has 0 spiro atoms. The van der Waals surface area contributed by atoms with E-state index in [9.17, 15) is 0 Å². The van der Waals surface area contributed by atoms with E-state index in [1.165, 1.54) is 0 Å². The van der Waals surface area contributed by atoms with E-state index < -0.39 is 0 Å². The van der Waals surface area contributed by atoms with Gasteiger partial charge in [0.15, 0.2) is 0 Å². The predicted molar refractivity (Wildman–Crippen MR) is 87.4 cm³/mol. The van der Waals surface area contributed by atoms with Crippen molar-refractivity contribution in [2.75, 3.05) is 13.7 Å². The van der Waals surface area contributed by atoms with Crippen LogP contribution in [0, 0.1) is 0 Å². The third kappa shape index (κ3) is 3.77. The summed E-state index contributed by atoms with van der Waals surface area (Å²) in [5.74, 6) is 5.73. The second-order valence-corrected chi connectivity index (χ2v) is 6.09. The van der Waals surface area contributed by atoms with Crippen LogP contribution in [0.2, 0.25) is 10.0 Å². The minimum absolute atomic E-state index is 0.373. The van der Waals surface area contributed by atoms with Crippen molar-refractivity contribution in [3.8, 4) is 0 Å². The number of nitrogens with zero attached hydrogens (tertiary/aromatic N) is 2. The van der Waals surface area contributed by atoms with E-state index >= 15 is 0 Å². The third-order valence-electron chi connectivity index (χ3n) is 3.05. The highest BCUT2D eigenvalue weighted by molar-refractivity contribution is 9.10. The monoisotopic (exact) mass is 392 g/mol. The van der Waals surface area contributed by atoms with Crippen molar-refractivity contribution in [2.45, 2.75) is 12.6 Å². The summed E-state index contributed by atoms with van der Waals surface area (Å²) in [6.07, 6.45) is 1.59. The normalized spacial score (nSPS) is 12.6. The number of methoxy groups -OCH3 is 1. The van der Waals surface area contributed by atoms with Crippen LogP contribution in [0.3, 0.4) is 0 Å². The summed E-state index contributed by atoms with van der Waals surface area (Å²) in [5.41, 5.74) is 4.32. The van der Waals surface area contributed by atoms with Crippen LogP contribution in [0.5, 0.6) is 0 Å². The number of ether oxygens (including phenoxy) is 1. The summed E-state index contributed by atoms with van der Waals surface area (Å²) in [6.45, 7) is 1.09. The Kier molecular flexibility index (Phi) is 6.04. The minimum Gasteiger partial charge on any atom is -0.383 e. The maximum Gasteiger partial charge on any atom is 0.0908 e. The van der Waals surface area contributed by atoms with E-state index in [0.29, 0.717) is 23.2 Å². The Morgan fingerprint density at radius 1 is 1.43 bits per heavy atom. The van der Waals surface area contributed by atoms with Gasteiger partial charge in [-0.3, -0.25) is 10.5 Å². The van der Waals surface area contributed by atoms with E-state index in [4.69, 9.17) is 33.8 Å². The van der Waals surface area contributed by atoms with Gasteiger partial charge in [0.05, 0.1) is 36.1 Å². The molecule has 0 aliphatic heterocycles. The zero-order valence-electron chi connectivity index (χ0n) is 11.3. The maximum atomic E-state index is 6.28. The molecule has 0 amide bonds. The van der Waals surface area contributed by atoms with E-state index in [1.807, 2.05) is 12.1 Å². The summed E-state index contributed by atoms with van der Waals surface area (Å²) < 4.78 is 7.74. The molecular weight excluding hydrogens is 379 g/mol. The number of hydrogen-bond donors (Lipinski definition) is 2. The van der Waals surface area contributed by atoms with Crippen LogP contribution in [-0.4, -0.2) is 23.5 Å². The summed E-state index contributed by atoms with van der Waals surface area (Å²) in [7, 11) is 1.63. The van der Waals surface area contributed by atoms with Gasteiger partial charge in [-0.2, -0.15) is 5.10 Å². The lowest BCUT2D eigenvalue weighted by Crippen LogP contribution is -2.31. The number of nitrogens with one attached hydrogen (secondary N) is 1. The fourth-order valence-corrected chi connectivity index (χ4v) is 2.92. The van der Waals surface area contributed by atoms with Crippen molar-refractivity contribution in [3.05, 3.63) is 50.2 Å².